The van der Waals surface area contributed by atoms with Crippen LogP contribution in [0.5, 0.6) is 0 Å². The zero-order chi connectivity index (χ0) is 13.9. The highest BCUT2D eigenvalue weighted by Crippen LogP contribution is 2.27. The Morgan fingerprint density at radius 3 is 2.90 bits per heavy atom. The summed E-state index contributed by atoms with van der Waals surface area (Å²) in [5.41, 5.74) is 0.684. The highest BCUT2D eigenvalue weighted by Gasteiger charge is 2.35. The number of hydrogen-bond acceptors (Lipinski definition) is 2. The standard InChI is InChI=1S/C15H20ClN3O/c16-11-5-1-2-6-12(11)18-15(20)19-10-4-8-14(19)13-7-3-9-17-13/h1-2,5-6,13-14,17H,3-4,7-10H2,(H,18,20). The van der Waals surface area contributed by atoms with Gasteiger partial charge in [0, 0.05) is 18.6 Å². The Kier molecular flexibility index (Phi) is 4.13. The van der Waals surface area contributed by atoms with Crippen LogP contribution in [0.15, 0.2) is 24.3 Å². The molecule has 108 valence electrons. The molecule has 2 saturated heterocycles. The van der Waals surface area contributed by atoms with Crippen molar-refractivity contribution in [1.29, 1.82) is 0 Å². The molecule has 2 aliphatic rings. The number of likely N-dealkylation sites (tertiary alicyclic amines) is 1. The van der Waals surface area contributed by atoms with E-state index in [1.165, 1.54) is 12.8 Å². The average Bonchev–Trinajstić information content (AvgIpc) is 3.11. The van der Waals surface area contributed by atoms with Gasteiger partial charge in [-0.3, -0.25) is 0 Å². The minimum Gasteiger partial charge on any atom is -0.320 e. The summed E-state index contributed by atoms with van der Waals surface area (Å²) in [5, 5.41) is 7.02. The Balaban J connectivity index is 1.68. The lowest BCUT2D eigenvalue weighted by molar-refractivity contribution is 0.195. The molecular formula is C15H20ClN3O. The van der Waals surface area contributed by atoms with Gasteiger partial charge in [-0.05, 0) is 44.4 Å². The largest absolute Gasteiger partial charge is 0.322 e. The van der Waals surface area contributed by atoms with E-state index in [0.717, 1.165) is 25.9 Å². The zero-order valence-electron chi connectivity index (χ0n) is 11.4. The highest BCUT2D eigenvalue weighted by molar-refractivity contribution is 6.33. The van der Waals surface area contributed by atoms with Crippen molar-refractivity contribution in [2.24, 2.45) is 0 Å². The molecule has 0 spiro atoms. The van der Waals surface area contributed by atoms with Gasteiger partial charge in [0.1, 0.15) is 0 Å². The summed E-state index contributed by atoms with van der Waals surface area (Å²) in [6.07, 6.45) is 4.55. The van der Waals surface area contributed by atoms with Gasteiger partial charge in [0.2, 0.25) is 0 Å². The number of halogens is 1. The Morgan fingerprint density at radius 2 is 2.15 bits per heavy atom. The summed E-state index contributed by atoms with van der Waals surface area (Å²) in [4.78, 5) is 14.4. The maximum absolute atomic E-state index is 12.5. The molecule has 20 heavy (non-hydrogen) atoms. The Hall–Kier alpha value is -1.26. The molecule has 2 unspecified atom stereocenters. The molecule has 2 N–H and O–H groups in total. The van der Waals surface area contributed by atoms with Crippen LogP contribution in [0.2, 0.25) is 5.02 Å². The molecule has 3 rings (SSSR count). The fourth-order valence-electron chi connectivity index (χ4n) is 3.25. The van der Waals surface area contributed by atoms with Crippen LogP contribution in [-0.4, -0.2) is 36.1 Å². The molecule has 5 heteroatoms. The van der Waals surface area contributed by atoms with Crippen molar-refractivity contribution in [2.45, 2.75) is 37.8 Å². The van der Waals surface area contributed by atoms with Crippen LogP contribution in [0.4, 0.5) is 10.5 Å². The van der Waals surface area contributed by atoms with E-state index in [-0.39, 0.29) is 6.03 Å². The molecule has 0 radical (unpaired) electrons. The fraction of sp³-hybridized carbons (Fsp3) is 0.533. The Morgan fingerprint density at radius 1 is 1.30 bits per heavy atom. The van der Waals surface area contributed by atoms with Crippen LogP contribution >= 0.6 is 11.6 Å². The lowest BCUT2D eigenvalue weighted by atomic mass is 10.0. The first-order valence-corrected chi connectivity index (χ1v) is 7.69. The SMILES string of the molecule is O=C(Nc1ccccc1Cl)N1CCCC1C1CCCN1. The maximum Gasteiger partial charge on any atom is 0.322 e. The van der Waals surface area contributed by atoms with Gasteiger partial charge in [0.05, 0.1) is 10.7 Å². The monoisotopic (exact) mass is 293 g/mol. The molecule has 0 aliphatic carbocycles. The van der Waals surface area contributed by atoms with Crippen LogP contribution in [0.25, 0.3) is 0 Å². The van der Waals surface area contributed by atoms with Gasteiger partial charge < -0.3 is 15.5 Å². The summed E-state index contributed by atoms with van der Waals surface area (Å²) < 4.78 is 0. The van der Waals surface area contributed by atoms with E-state index in [1.807, 2.05) is 23.1 Å². The second-order valence-electron chi connectivity index (χ2n) is 5.52. The summed E-state index contributed by atoms with van der Waals surface area (Å²) >= 11 is 6.09. The van der Waals surface area contributed by atoms with E-state index in [0.29, 0.717) is 22.8 Å². The number of anilines is 1. The van der Waals surface area contributed by atoms with Crippen molar-refractivity contribution in [1.82, 2.24) is 10.2 Å². The number of hydrogen-bond donors (Lipinski definition) is 2. The van der Waals surface area contributed by atoms with Crippen LogP contribution < -0.4 is 10.6 Å². The first-order valence-electron chi connectivity index (χ1n) is 7.31. The summed E-state index contributed by atoms with van der Waals surface area (Å²) in [6.45, 7) is 1.90. The molecule has 2 aliphatic heterocycles. The first-order chi connectivity index (χ1) is 9.75. The van der Waals surface area contributed by atoms with E-state index < -0.39 is 0 Å². The number of para-hydroxylation sites is 1. The van der Waals surface area contributed by atoms with Crippen molar-refractivity contribution in [3.05, 3.63) is 29.3 Å². The van der Waals surface area contributed by atoms with Crippen molar-refractivity contribution >= 4 is 23.3 Å². The van der Waals surface area contributed by atoms with Gasteiger partial charge in [-0.15, -0.1) is 0 Å². The number of benzene rings is 1. The number of nitrogens with one attached hydrogen (secondary N) is 2. The number of nitrogens with zero attached hydrogens (tertiary/aromatic N) is 1. The summed E-state index contributed by atoms with van der Waals surface area (Å²) in [6, 6.07) is 8.10. The Bertz CT molecular complexity index is 488. The molecule has 0 saturated carbocycles. The van der Waals surface area contributed by atoms with E-state index in [1.54, 1.807) is 6.07 Å². The molecule has 2 amide bonds. The van der Waals surface area contributed by atoms with Gasteiger partial charge in [-0.1, -0.05) is 23.7 Å². The van der Waals surface area contributed by atoms with Gasteiger partial charge in [-0.25, -0.2) is 4.79 Å². The van der Waals surface area contributed by atoms with Gasteiger partial charge in [0.25, 0.3) is 0 Å². The molecule has 2 fully saturated rings. The highest BCUT2D eigenvalue weighted by atomic mass is 35.5. The van der Waals surface area contributed by atoms with Gasteiger partial charge in [-0.2, -0.15) is 0 Å². The summed E-state index contributed by atoms with van der Waals surface area (Å²) in [5.74, 6) is 0. The molecule has 2 atom stereocenters. The number of urea groups is 1. The van der Waals surface area contributed by atoms with E-state index in [4.69, 9.17) is 11.6 Å². The fourth-order valence-corrected chi connectivity index (χ4v) is 3.44. The number of carbonyl (C=O) groups is 1. The van der Waals surface area contributed by atoms with Crippen molar-refractivity contribution in [3.8, 4) is 0 Å². The van der Waals surface area contributed by atoms with E-state index in [9.17, 15) is 4.79 Å². The molecule has 1 aromatic rings. The Labute approximate surface area is 124 Å². The zero-order valence-corrected chi connectivity index (χ0v) is 12.2. The lowest BCUT2D eigenvalue weighted by Crippen LogP contribution is -2.48. The smallest absolute Gasteiger partial charge is 0.320 e. The predicted octanol–water partition coefficient (Wildman–Crippen LogP) is 3.09. The quantitative estimate of drug-likeness (QED) is 0.880. The van der Waals surface area contributed by atoms with Gasteiger partial charge >= 0.3 is 6.03 Å². The predicted molar refractivity (Wildman–Crippen MR) is 81.2 cm³/mol. The minimum absolute atomic E-state index is 0.0331. The van der Waals surface area contributed by atoms with Crippen LogP contribution in [0.1, 0.15) is 25.7 Å². The molecule has 1 aromatic carbocycles. The second kappa shape index (κ2) is 6.02. The molecule has 0 aromatic heterocycles. The first kappa shape index (κ1) is 13.7. The number of amides is 2. The van der Waals surface area contributed by atoms with Gasteiger partial charge in [0.15, 0.2) is 0 Å². The number of carbonyl (C=O) groups excluding carboxylic acids is 1. The van der Waals surface area contributed by atoms with Crippen molar-refractivity contribution in [2.75, 3.05) is 18.4 Å². The minimum atomic E-state index is -0.0331. The lowest BCUT2D eigenvalue weighted by Gasteiger charge is -2.29. The summed E-state index contributed by atoms with van der Waals surface area (Å²) in [7, 11) is 0. The average molecular weight is 294 g/mol. The van der Waals surface area contributed by atoms with Crippen molar-refractivity contribution in [3.63, 3.8) is 0 Å². The van der Waals surface area contributed by atoms with Crippen LogP contribution in [0, 0.1) is 0 Å². The molecule has 0 bridgehead atoms. The normalized spacial score (nSPS) is 25.9. The van der Waals surface area contributed by atoms with E-state index >= 15 is 0 Å². The molecule has 4 nitrogen and oxygen atoms in total. The third-order valence-corrected chi connectivity index (χ3v) is 4.57. The third kappa shape index (κ3) is 2.76. The van der Waals surface area contributed by atoms with Crippen molar-refractivity contribution < 1.29 is 4.79 Å². The third-order valence-electron chi connectivity index (χ3n) is 4.24. The molecule has 2 heterocycles. The topological polar surface area (TPSA) is 44.4 Å². The molecular weight excluding hydrogens is 274 g/mol. The second-order valence-corrected chi connectivity index (χ2v) is 5.92. The van der Waals surface area contributed by atoms with Crippen LogP contribution in [0.3, 0.4) is 0 Å². The van der Waals surface area contributed by atoms with Crippen LogP contribution in [-0.2, 0) is 0 Å². The number of rotatable bonds is 2. The van der Waals surface area contributed by atoms with E-state index in [2.05, 4.69) is 10.6 Å². The maximum atomic E-state index is 12.5.